The molecule has 2 aromatic carbocycles. The van der Waals surface area contributed by atoms with E-state index in [-0.39, 0.29) is 35.4 Å². The van der Waals surface area contributed by atoms with E-state index in [0.717, 1.165) is 22.8 Å². The quantitative estimate of drug-likeness (QED) is 0.787. The minimum absolute atomic E-state index is 0.0734. The lowest BCUT2D eigenvalue weighted by Crippen LogP contribution is -2.26. The summed E-state index contributed by atoms with van der Waals surface area (Å²) >= 11 is 5.88. The van der Waals surface area contributed by atoms with Gasteiger partial charge in [-0.05, 0) is 30.8 Å². The van der Waals surface area contributed by atoms with Crippen LogP contribution in [0.2, 0.25) is 5.02 Å². The normalized spacial score (nSPS) is 11.2. The fourth-order valence-electron chi connectivity index (χ4n) is 2.49. The second kappa shape index (κ2) is 6.26. The Balaban J connectivity index is 2.44. The molecular formula is C16H11ClF3N3O. The number of benzene rings is 2. The van der Waals surface area contributed by atoms with Gasteiger partial charge in [0.15, 0.2) is 0 Å². The van der Waals surface area contributed by atoms with Crippen molar-refractivity contribution in [3.63, 3.8) is 0 Å². The fraction of sp³-hybridized carbons (Fsp3) is 0.125. The maximum atomic E-state index is 13.7. The van der Waals surface area contributed by atoms with E-state index < -0.39 is 28.0 Å². The number of rotatable bonds is 3. The maximum Gasteiger partial charge on any atom is 0.267 e. The average Bonchev–Trinajstić information content (AvgIpc) is 2.50. The number of hydrogen-bond acceptors (Lipinski definition) is 3. The summed E-state index contributed by atoms with van der Waals surface area (Å²) in [5.74, 6) is -2.31. The highest BCUT2D eigenvalue weighted by Gasteiger charge is 2.17. The first-order valence-electron chi connectivity index (χ1n) is 6.98. The predicted molar refractivity (Wildman–Crippen MR) is 85.0 cm³/mol. The molecule has 8 heteroatoms. The Morgan fingerprint density at radius 1 is 1.12 bits per heavy atom. The van der Waals surface area contributed by atoms with E-state index >= 15 is 0 Å². The zero-order valence-electron chi connectivity index (χ0n) is 12.2. The van der Waals surface area contributed by atoms with E-state index in [9.17, 15) is 18.0 Å². The van der Waals surface area contributed by atoms with Gasteiger partial charge in [-0.25, -0.2) is 18.2 Å². The largest absolute Gasteiger partial charge is 0.330 e. The summed E-state index contributed by atoms with van der Waals surface area (Å²) < 4.78 is 41.8. The standard InChI is InChI=1S/C16H11ClF3N3O/c17-15-11(20)1-2-12-14(15)16(24)23(13(22-12)3-4-21)10-6-8(18)5-9(19)7-10/h1-2,5-7H,3-4,21H2. The van der Waals surface area contributed by atoms with Gasteiger partial charge in [0.1, 0.15) is 23.3 Å². The molecule has 0 bridgehead atoms. The third-order valence-electron chi connectivity index (χ3n) is 3.47. The van der Waals surface area contributed by atoms with E-state index in [1.165, 1.54) is 6.07 Å². The molecule has 0 unspecified atom stereocenters. The summed E-state index contributed by atoms with van der Waals surface area (Å²) in [7, 11) is 0. The van der Waals surface area contributed by atoms with Crippen LogP contribution >= 0.6 is 11.6 Å². The highest BCUT2D eigenvalue weighted by molar-refractivity contribution is 6.35. The Kier molecular flexibility index (Phi) is 4.29. The minimum Gasteiger partial charge on any atom is -0.330 e. The van der Waals surface area contributed by atoms with Crippen molar-refractivity contribution in [1.82, 2.24) is 9.55 Å². The van der Waals surface area contributed by atoms with Gasteiger partial charge in [-0.3, -0.25) is 9.36 Å². The number of nitrogens with two attached hydrogens (primary N) is 1. The minimum atomic E-state index is -0.860. The molecule has 0 spiro atoms. The van der Waals surface area contributed by atoms with Crippen LogP contribution in [0.5, 0.6) is 0 Å². The van der Waals surface area contributed by atoms with Crippen molar-refractivity contribution in [3.05, 3.63) is 69.0 Å². The van der Waals surface area contributed by atoms with Crippen molar-refractivity contribution >= 4 is 22.5 Å². The first-order valence-corrected chi connectivity index (χ1v) is 7.36. The van der Waals surface area contributed by atoms with Crippen molar-refractivity contribution in [2.45, 2.75) is 6.42 Å². The molecule has 0 saturated heterocycles. The zero-order chi connectivity index (χ0) is 17.4. The lowest BCUT2D eigenvalue weighted by Gasteiger charge is -2.14. The van der Waals surface area contributed by atoms with Crippen LogP contribution in [0.15, 0.2) is 35.1 Å². The lowest BCUT2D eigenvalue weighted by molar-refractivity contribution is 0.580. The molecule has 124 valence electrons. The van der Waals surface area contributed by atoms with Crippen molar-refractivity contribution < 1.29 is 13.2 Å². The molecule has 3 aromatic rings. The topological polar surface area (TPSA) is 60.9 Å². The summed E-state index contributed by atoms with van der Waals surface area (Å²) in [6.45, 7) is 0.157. The Morgan fingerprint density at radius 2 is 1.79 bits per heavy atom. The molecule has 0 radical (unpaired) electrons. The average molecular weight is 354 g/mol. The van der Waals surface area contributed by atoms with Crippen LogP contribution < -0.4 is 11.3 Å². The molecule has 1 heterocycles. The molecule has 0 aliphatic carbocycles. The van der Waals surface area contributed by atoms with E-state index in [4.69, 9.17) is 17.3 Å². The summed E-state index contributed by atoms with van der Waals surface area (Å²) in [5, 5.41) is -0.558. The van der Waals surface area contributed by atoms with Gasteiger partial charge >= 0.3 is 0 Å². The molecule has 4 nitrogen and oxygen atoms in total. The van der Waals surface area contributed by atoms with Crippen LogP contribution in [0.1, 0.15) is 5.82 Å². The van der Waals surface area contributed by atoms with E-state index in [0.29, 0.717) is 6.07 Å². The second-order valence-electron chi connectivity index (χ2n) is 5.09. The number of fused-ring (bicyclic) bond motifs is 1. The van der Waals surface area contributed by atoms with Crippen LogP contribution in [0.3, 0.4) is 0 Å². The van der Waals surface area contributed by atoms with Crippen LogP contribution in [-0.4, -0.2) is 16.1 Å². The Labute approximate surface area is 139 Å². The van der Waals surface area contributed by atoms with Crippen LogP contribution in [0, 0.1) is 17.5 Å². The lowest BCUT2D eigenvalue weighted by atomic mass is 10.2. The van der Waals surface area contributed by atoms with Gasteiger partial charge in [-0.15, -0.1) is 0 Å². The molecule has 24 heavy (non-hydrogen) atoms. The summed E-state index contributed by atoms with van der Waals surface area (Å²) in [6, 6.07) is 5.04. The Morgan fingerprint density at radius 3 is 2.42 bits per heavy atom. The van der Waals surface area contributed by atoms with Gasteiger partial charge in [0.25, 0.3) is 5.56 Å². The number of halogens is 4. The van der Waals surface area contributed by atoms with Crippen molar-refractivity contribution in [1.29, 1.82) is 0 Å². The monoisotopic (exact) mass is 353 g/mol. The van der Waals surface area contributed by atoms with Gasteiger partial charge < -0.3 is 5.73 Å². The van der Waals surface area contributed by atoms with Crippen molar-refractivity contribution in [3.8, 4) is 5.69 Å². The molecular weight excluding hydrogens is 343 g/mol. The molecule has 0 aliphatic heterocycles. The van der Waals surface area contributed by atoms with E-state index in [1.807, 2.05) is 0 Å². The molecule has 3 rings (SSSR count). The molecule has 2 N–H and O–H groups in total. The molecule has 0 amide bonds. The van der Waals surface area contributed by atoms with Gasteiger partial charge in [0.05, 0.1) is 21.6 Å². The summed E-state index contributed by atoms with van der Waals surface area (Å²) in [5.41, 5.74) is 4.91. The zero-order valence-corrected chi connectivity index (χ0v) is 12.9. The van der Waals surface area contributed by atoms with Crippen molar-refractivity contribution in [2.75, 3.05) is 6.54 Å². The van der Waals surface area contributed by atoms with Crippen LogP contribution in [0.25, 0.3) is 16.6 Å². The number of hydrogen-bond donors (Lipinski definition) is 1. The van der Waals surface area contributed by atoms with Gasteiger partial charge in [0, 0.05) is 12.5 Å². The summed E-state index contributed by atoms with van der Waals surface area (Å²) in [4.78, 5) is 17.1. The Bertz CT molecular complexity index is 984. The fourth-order valence-corrected chi connectivity index (χ4v) is 2.73. The van der Waals surface area contributed by atoms with Crippen LogP contribution in [-0.2, 0) is 6.42 Å². The highest BCUT2D eigenvalue weighted by Crippen LogP contribution is 2.24. The number of aromatic nitrogens is 2. The van der Waals surface area contributed by atoms with Gasteiger partial charge in [0.2, 0.25) is 0 Å². The summed E-state index contributed by atoms with van der Waals surface area (Å²) in [6.07, 6.45) is 0.179. The first-order chi connectivity index (χ1) is 11.4. The highest BCUT2D eigenvalue weighted by atomic mass is 35.5. The number of nitrogens with zero attached hydrogens (tertiary/aromatic N) is 2. The molecule has 0 aliphatic rings. The smallest absolute Gasteiger partial charge is 0.267 e. The van der Waals surface area contributed by atoms with Crippen LogP contribution in [0.4, 0.5) is 13.2 Å². The van der Waals surface area contributed by atoms with Gasteiger partial charge in [-0.2, -0.15) is 0 Å². The third-order valence-corrected chi connectivity index (χ3v) is 3.84. The molecule has 1 aromatic heterocycles. The third kappa shape index (κ3) is 2.76. The molecule has 0 atom stereocenters. The van der Waals surface area contributed by atoms with Crippen molar-refractivity contribution in [2.24, 2.45) is 5.73 Å². The molecule has 0 fully saturated rings. The second-order valence-corrected chi connectivity index (χ2v) is 5.47. The van der Waals surface area contributed by atoms with E-state index in [1.54, 1.807) is 0 Å². The predicted octanol–water partition coefficient (Wildman–Crippen LogP) is 2.96. The molecule has 0 saturated carbocycles. The van der Waals surface area contributed by atoms with E-state index in [2.05, 4.69) is 4.98 Å². The SMILES string of the molecule is NCCc1nc2ccc(F)c(Cl)c2c(=O)n1-c1cc(F)cc(F)c1. The Hall–Kier alpha value is -2.38. The van der Waals surface area contributed by atoms with Gasteiger partial charge in [-0.1, -0.05) is 11.6 Å². The first kappa shape index (κ1) is 16.5. The maximum absolute atomic E-state index is 13.7.